The molecule has 2 heterocycles. The molecule has 0 spiro atoms. The first kappa shape index (κ1) is 13.2. The van der Waals surface area contributed by atoms with E-state index in [1.807, 2.05) is 0 Å². The van der Waals surface area contributed by atoms with Crippen molar-refractivity contribution in [1.82, 2.24) is 15.5 Å². The fourth-order valence-corrected chi connectivity index (χ4v) is 3.20. The topological polar surface area (TPSA) is 83.8 Å². The summed E-state index contributed by atoms with van der Waals surface area (Å²) in [6.45, 7) is 4.67. The lowest BCUT2D eigenvalue weighted by Crippen LogP contribution is -2.23. The normalized spacial score (nSPS) is 14.5. The van der Waals surface area contributed by atoms with E-state index in [4.69, 9.17) is 5.73 Å². The Labute approximate surface area is 121 Å². The van der Waals surface area contributed by atoms with Gasteiger partial charge in [-0.3, -0.25) is 9.89 Å². The number of aromatic amines is 1. The number of hydrogen-bond acceptors (Lipinski definition) is 4. The first-order valence-corrected chi connectivity index (χ1v) is 7.55. The van der Waals surface area contributed by atoms with Gasteiger partial charge in [-0.25, -0.2) is 0 Å². The molecule has 2 aromatic heterocycles. The van der Waals surface area contributed by atoms with Crippen LogP contribution in [0.5, 0.6) is 0 Å². The molecular formula is C14H18N4OS. The monoisotopic (exact) mass is 290 g/mol. The zero-order valence-electron chi connectivity index (χ0n) is 11.6. The molecule has 1 aliphatic rings. The van der Waals surface area contributed by atoms with Crippen LogP contribution in [0.25, 0.3) is 0 Å². The quantitative estimate of drug-likeness (QED) is 0.809. The molecule has 3 rings (SSSR count). The van der Waals surface area contributed by atoms with Crippen molar-refractivity contribution < 1.29 is 4.79 Å². The smallest absolute Gasteiger partial charge is 0.274 e. The number of nitrogens with zero attached hydrogens (tertiary/aromatic N) is 1. The van der Waals surface area contributed by atoms with Gasteiger partial charge in [0.05, 0.1) is 17.9 Å². The van der Waals surface area contributed by atoms with Crippen LogP contribution in [0.15, 0.2) is 6.07 Å². The molecule has 0 aliphatic heterocycles. The molecule has 0 aromatic carbocycles. The van der Waals surface area contributed by atoms with Gasteiger partial charge in [-0.2, -0.15) is 5.10 Å². The predicted octanol–water partition coefficient (Wildman–Crippen LogP) is 2.48. The van der Waals surface area contributed by atoms with Gasteiger partial charge in [0.15, 0.2) is 5.69 Å². The van der Waals surface area contributed by atoms with Gasteiger partial charge in [0.25, 0.3) is 5.91 Å². The van der Waals surface area contributed by atoms with Crippen molar-refractivity contribution in [2.75, 3.05) is 5.73 Å². The summed E-state index contributed by atoms with van der Waals surface area (Å²) in [4.78, 5) is 14.5. The summed E-state index contributed by atoms with van der Waals surface area (Å²) in [6, 6.07) is 2.10. The fourth-order valence-electron chi connectivity index (χ4n) is 2.21. The lowest BCUT2D eigenvalue weighted by Gasteiger charge is -2.02. The maximum absolute atomic E-state index is 12.1. The van der Waals surface area contributed by atoms with Gasteiger partial charge in [-0.05, 0) is 38.3 Å². The summed E-state index contributed by atoms with van der Waals surface area (Å²) in [5, 5.41) is 9.83. The minimum Gasteiger partial charge on any atom is -0.395 e. The van der Waals surface area contributed by atoms with Gasteiger partial charge in [0, 0.05) is 15.7 Å². The number of carbonyl (C=O) groups excluding carboxylic acids is 1. The average molecular weight is 290 g/mol. The van der Waals surface area contributed by atoms with Crippen LogP contribution in [0.2, 0.25) is 0 Å². The third kappa shape index (κ3) is 2.43. The van der Waals surface area contributed by atoms with E-state index in [1.165, 1.54) is 10.4 Å². The number of hydrogen-bond donors (Lipinski definition) is 3. The number of rotatable bonds is 4. The van der Waals surface area contributed by atoms with E-state index >= 15 is 0 Å². The van der Waals surface area contributed by atoms with Crippen LogP contribution in [0.1, 0.15) is 50.3 Å². The van der Waals surface area contributed by atoms with Crippen LogP contribution >= 0.6 is 11.3 Å². The molecule has 6 heteroatoms. The minimum absolute atomic E-state index is 0.214. The molecule has 4 N–H and O–H groups in total. The Bertz CT molecular complexity index is 635. The summed E-state index contributed by atoms with van der Waals surface area (Å²) < 4.78 is 0. The molecule has 1 aliphatic carbocycles. The average Bonchev–Trinajstić information content (AvgIpc) is 3.11. The van der Waals surface area contributed by atoms with Crippen LogP contribution in [0, 0.1) is 13.8 Å². The summed E-state index contributed by atoms with van der Waals surface area (Å²) in [5.41, 5.74) is 8.98. The van der Waals surface area contributed by atoms with E-state index in [2.05, 4.69) is 35.4 Å². The lowest BCUT2D eigenvalue weighted by atomic mass is 10.2. The molecular weight excluding hydrogens is 272 g/mol. The van der Waals surface area contributed by atoms with Crippen LogP contribution in [-0.2, 0) is 6.54 Å². The zero-order valence-corrected chi connectivity index (χ0v) is 12.4. The lowest BCUT2D eigenvalue weighted by molar-refractivity contribution is 0.0947. The molecule has 106 valence electrons. The van der Waals surface area contributed by atoms with Crippen molar-refractivity contribution >= 4 is 22.9 Å². The van der Waals surface area contributed by atoms with Crippen LogP contribution in [0.4, 0.5) is 5.69 Å². The maximum Gasteiger partial charge on any atom is 0.274 e. The predicted molar refractivity (Wildman–Crippen MR) is 79.9 cm³/mol. The van der Waals surface area contributed by atoms with Crippen LogP contribution in [-0.4, -0.2) is 16.1 Å². The van der Waals surface area contributed by atoms with Crippen molar-refractivity contribution in [3.05, 3.63) is 32.8 Å². The number of nitrogens with two attached hydrogens (primary N) is 1. The van der Waals surface area contributed by atoms with E-state index in [0.29, 0.717) is 23.8 Å². The highest BCUT2D eigenvalue weighted by atomic mass is 32.1. The number of thiophene rings is 1. The van der Waals surface area contributed by atoms with Crippen LogP contribution in [0.3, 0.4) is 0 Å². The minimum atomic E-state index is -0.214. The molecule has 1 fully saturated rings. The highest BCUT2D eigenvalue weighted by Crippen LogP contribution is 2.42. The van der Waals surface area contributed by atoms with E-state index in [9.17, 15) is 4.79 Å². The number of H-pyrrole nitrogens is 1. The Morgan fingerprint density at radius 2 is 2.30 bits per heavy atom. The van der Waals surface area contributed by atoms with Crippen molar-refractivity contribution in [3.63, 3.8) is 0 Å². The van der Waals surface area contributed by atoms with Gasteiger partial charge < -0.3 is 11.1 Å². The second-order valence-electron chi connectivity index (χ2n) is 5.31. The Hall–Kier alpha value is -1.82. The molecule has 1 amide bonds. The molecule has 0 radical (unpaired) electrons. The number of nitrogens with one attached hydrogen (secondary N) is 2. The second-order valence-corrected chi connectivity index (χ2v) is 6.65. The number of nitrogen functional groups attached to an aromatic ring is 1. The molecule has 0 atom stereocenters. The van der Waals surface area contributed by atoms with Crippen molar-refractivity contribution in [2.24, 2.45) is 0 Å². The Balaban J connectivity index is 1.67. The fraction of sp³-hybridized carbons (Fsp3) is 0.429. The number of carbonyl (C=O) groups is 1. The van der Waals surface area contributed by atoms with Crippen molar-refractivity contribution in [3.8, 4) is 0 Å². The SMILES string of the molecule is Cc1cc(CNC(=O)c2n[nH]c(C3CC3)c2N)sc1C. The number of amides is 1. The Morgan fingerprint density at radius 3 is 2.90 bits per heavy atom. The van der Waals surface area contributed by atoms with E-state index < -0.39 is 0 Å². The summed E-state index contributed by atoms with van der Waals surface area (Å²) >= 11 is 1.70. The molecule has 0 bridgehead atoms. The standard InChI is InChI=1S/C14H18N4OS/c1-7-5-10(20-8(7)2)6-16-14(19)13-11(15)12(17-18-13)9-3-4-9/h5,9H,3-4,6,15H2,1-2H3,(H,16,19)(H,17,18). The third-order valence-corrected chi connectivity index (χ3v) is 4.83. The van der Waals surface area contributed by atoms with Gasteiger partial charge >= 0.3 is 0 Å². The molecule has 2 aromatic rings. The molecule has 0 saturated heterocycles. The third-order valence-electron chi connectivity index (χ3n) is 3.67. The van der Waals surface area contributed by atoms with Crippen molar-refractivity contribution in [2.45, 2.75) is 39.2 Å². The molecule has 0 unspecified atom stereocenters. The van der Waals surface area contributed by atoms with Gasteiger partial charge in [-0.15, -0.1) is 11.3 Å². The molecule has 20 heavy (non-hydrogen) atoms. The summed E-state index contributed by atoms with van der Waals surface area (Å²) in [7, 11) is 0. The Morgan fingerprint density at radius 1 is 1.55 bits per heavy atom. The summed E-state index contributed by atoms with van der Waals surface area (Å²) in [5.74, 6) is 0.251. The first-order chi connectivity index (χ1) is 9.56. The van der Waals surface area contributed by atoms with Gasteiger partial charge in [-0.1, -0.05) is 0 Å². The van der Waals surface area contributed by atoms with Crippen LogP contribution < -0.4 is 11.1 Å². The number of aromatic nitrogens is 2. The van der Waals surface area contributed by atoms with Gasteiger partial charge in [0.2, 0.25) is 0 Å². The second kappa shape index (κ2) is 4.94. The highest BCUT2D eigenvalue weighted by molar-refractivity contribution is 7.12. The summed E-state index contributed by atoms with van der Waals surface area (Å²) in [6.07, 6.45) is 2.25. The van der Waals surface area contributed by atoms with E-state index in [1.54, 1.807) is 11.3 Å². The van der Waals surface area contributed by atoms with E-state index in [-0.39, 0.29) is 5.91 Å². The van der Waals surface area contributed by atoms with E-state index in [0.717, 1.165) is 23.4 Å². The maximum atomic E-state index is 12.1. The number of anilines is 1. The van der Waals surface area contributed by atoms with Crippen molar-refractivity contribution in [1.29, 1.82) is 0 Å². The molecule has 5 nitrogen and oxygen atoms in total. The zero-order chi connectivity index (χ0) is 14.3. The number of aryl methyl sites for hydroxylation is 2. The highest BCUT2D eigenvalue weighted by Gasteiger charge is 2.30. The Kier molecular flexibility index (Phi) is 3.25. The first-order valence-electron chi connectivity index (χ1n) is 6.74. The molecule has 1 saturated carbocycles. The van der Waals surface area contributed by atoms with Gasteiger partial charge in [0.1, 0.15) is 0 Å². The largest absolute Gasteiger partial charge is 0.395 e.